The van der Waals surface area contributed by atoms with Crippen LogP contribution in [0, 0.1) is 6.92 Å². The van der Waals surface area contributed by atoms with Gasteiger partial charge in [-0.2, -0.15) is 4.31 Å². The maximum Gasteiger partial charge on any atom is 0.251 e. The Morgan fingerprint density at radius 1 is 1.14 bits per heavy atom. The first kappa shape index (κ1) is 21.3. The van der Waals surface area contributed by atoms with Gasteiger partial charge in [0.05, 0.1) is 31.3 Å². The van der Waals surface area contributed by atoms with Crippen LogP contribution in [0.2, 0.25) is 0 Å². The molecule has 1 aliphatic rings. The van der Waals surface area contributed by atoms with E-state index in [2.05, 4.69) is 5.32 Å². The van der Waals surface area contributed by atoms with Gasteiger partial charge in [0.25, 0.3) is 5.91 Å². The first-order chi connectivity index (χ1) is 13.8. The number of morpholine rings is 1. The van der Waals surface area contributed by atoms with Crippen molar-refractivity contribution in [2.45, 2.75) is 24.8 Å². The lowest BCUT2D eigenvalue weighted by Gasteiger charge is -2.26. The minimum atomic E-state index is -3.68. The highest BCUT2D eigenvalue weighted by atomic mass is 32.2. The van der Waals surface area contributed by atoms with Crippen LogP contribution in [0.4, 0.5) is 0 Å². The third kappa shape index (κ3) is 4.77. The van der Waals surface area contributed by atoms with E-state index in [9.17, 15) is 13.2 Å². The summed E-state index contributed by atoms with van der Waals surface area (Å²) in [5.41, 5.74) is 1.84. The summed E-state index contributed by atoms with van der Waals surface area (Å²) >= 11 is 0. The first-order valence-electron chi connectivity index (χ1n) is 9.46. The molecule has 7 nitrogen and oxygen atoms in total. The van der Waals surface area contributed by atoms with Gasteiger partial charge >= 0.3 is 0 Å². The van der Waals surface area contributed by atoms with Crippen molar-refractivity contribution < 1.29 is 22.7 Å². The summed E-state index contributed by atoms with van der Waals surface area (Å²) in [6.07, 6.45) is 0. The average molecular weight is 419 g/mol. The normalized spacial score (nSPS) is 16.2. The Morgan fingerprint density at radius 3 is 2.41 bits per heavy atom. The largest absolute Gasteiger partial charge is 0.497 e. The van der Waals surface area contributed by atoms with Crippen LogP contribution in [-0.4, -0.2) is 52.0 Å². The summed E-state index contributed by atoms with van der Waals surface area (Å²) < 4.78 is 37.8. The highest BCUT2D eigenvalue weighted by Gasteiger charge is 2.28. The lowest BCUT2D eigenvalue weighted by atomic mass is 10.1. The number of rotatable bonds is 6. The number of ether oxygens (including phenoxy) is 2. The molecule has 29 heavy (non-hydrogen) atoms. The fourth-order valence-corrected chi connectivity index (χ4v) is 4.86. The number of carbonyl (C=O) groups excluding carboxylic acids is 1. The molecule has 1 heterocycles. The van der Waals surface area contributed by atoms with Crippen molar-refractivity contribution in [2.75, 3.05) is 33.4 Å². The molecule has 0 bridgehead atoms. The highest BCUT2D eigenvalue weighted by molar-refractivity contribution is 7.89. The molecule has 0 aliphatic carbocycles. The Hall–Kier alpha value is -2.42. The number of nitrogens with zero attached hydrogens (tertiary/aromatic N) is 1. The van der Waals surface area contributed by atoms with E-state index in [1.807, 2.05) is 31.2 Å². The summed E-state index contributed by atoms with van der Waals surface area (Å²) in [5.74, 6) is 0.413. The molecule has 0 spiro atoms. The molecule has 2 aromatic carbocycles. The molecule has 1 N–H and O–H groups in total. The van der Waals surface area contributed by atoms with Crippen molar-refractivity contribution >= 4 is 15.9 Å². The van der Waals surface area contributed by atoms with Gasteiger partial charge in [0.1, 0.15) is 5.75 Å². The molecule has 1 saturated heterocycles. The molecule has 0 saturated carbocycles. The predicted molar refractivity (Wildman–Crippen MR) is 110 cm³/mol. The predicted octanol–water partition coefficient (Wildman–Crippen LogP) is 2.52. The number of hydrogen-bond donors (Lipinski definition) is 1. The molecule has 156 valence electrons. The van der Waals surface area contributed by atoms with Gasteiger partial charge in [0.15, 0.2) is 0 Å². The fraction of sp³-hybridized carbons (Fsp3) is 0.381. The van der Waals surface area contributed by atoms with Gasteiger partial charge in [-0.05, 0) is 49.2 Å². The van der Waals surface area contributed by atoms with Crippen LogP contribution in [0.25, 0.3) is 0 Å². The lowest BCUT2D eigenvalue weighted by molar-refractivity contribution is 0.0730. The van der Waals surface area contributed by atoms with Gasteiger partial charge in [-0.1, -0.05) is 18.2 Å². The van der Waals surface area contributed by atoms with E-state index in [4.69, 9.17) is 9.47 Å². The van der Waals surface area contributed by atoms with E-state index < -0.39 is 10.0 Å². The van der Waals surface area contributed by atoms with Crippen molar-refractivity contribution in [3.05, 3.63) is 59.2 Å². The number of aryl methyl sites for hydroxylation is 1. The van der Waals surface area contributed by atoms with Crippen LogP contribution in [0.15, 0.2) is 47.4 Å². The van der Waals surface area contributed by atoms with E-state index in [-0.39, 0.29) is 16.8 Å². The number of benzene rings is 2. The van der Waals surface area contributed by atoms with E-state index >= 15 is 0 Å². The van der Waals surface area contributed by atoms with Gasteiger partial charge in [0.2, 0.25) is 10.0 Å². The Bertz CT molecular complexity index is 967. The molecule has 0 aromatic heterocycles. The van der Waals surface area contributed by atoms with Crippen LogP contribution >= 0.6 is 0 Å². The molecule has 1 aliphatic heterocycles. The Morgan fingerprint density at radius 2 is 1.79 bits per heavy atom. The number of amides is 1. The minimum Gasteiger partial charge on any atom is -0.497 e. The molecule has 8 heteroatoms. The number of nitrogens with one attached hydrogen (secondary N) is 1. The van der Waals surface area contributed by atoms with Crippen molar-refractivity contribution in [1.82, 2.24) is 9.62 Å². The molecular formula is C21H26N2O5S. The molecule has 1 amide bonds. The SMILES string of the molecule is COc1ccc(C(C)NC(=O)c2ccc(C)c(S(=O)(=O)N3CCOCC3)c2)cc1. The molecule has 2 aromatic rings. The van der Waals surface area contributed by atoms with E-state index in [1.165, 1.54) is 10.4 Å². The number of methoxy groups -OCH3 is 1. The molecular weight excluding hydrogens is 392 g/mol. The highest BCUT2D eigenvalue weighted by Crippen LogP contribution is 2.23. The summed E-state index contributed by atoms with van der Waals surface area (Å²) in [7, 11) is -2.08. The zero-order valence-electron chi connectivity index (χ0n) is 16.8. The Kier molecular flexibility index (Phi) is 6.56. The molecule has 1 unspecified atom stereocenters. The smallest absolute Gasteiger partial charge is 0.251 e. The third-order valence-electron chi connectivity index (χ3n) is 5.00. The van der Waals surface area contributed by atoms with Gasteiger partial charge < -0.3 is 14.8 Å². The van der Waals surface area contributed by atoms with Crippen molar-refractivity contribution in [2.24, 2.45) is 0 Å². The zero-order valence-corrected chi connectivity index (χ0v) is 17.7. The van der Waals surface area contributed by atoms with Crippen LogP contribution < -0.4 is 10.1 Å². The second kappa shape index (κ2) is 8.94. The molecule has 3 rings (SSSR count). The van der Waals surface area contributed by atoms with Gasteiger partial charge in [-0.25, -0.2) is 8.42 Å². The van der Waals surface area contributed by atoms with E-state index in [1.54, 1.807) is 26.2 Å². The monoisotopic (exact) mass is 418 g/mol. The van der Waals surface area contributed by atoms with Crippen LogP contribution in [0.3, 0.4) is 0 Å². The van der Waals surface area contributed by atoms with Crippen molar-refractivity contribution in [3.8, 4) is 5.75 Å². The summed E-state index contributed by atoms with van der Waals surface area (Å²) in [5, 5.41) is 2.92. The summed E-state index contributed by atoms with van der Waals surface area (Å²) in [6, 6.07) is 11.9. The lowest BCUT2D eigenvalue weighted by Crippen LogP contribution is -2.41. The Labute approximate surface area is 171 Å². The first-order valence-corrected chi connectivity index (χ1v) is 10.9. The number of sulfonamides is 1. The molecule has 1 fully saturated rings. The van der Waals surface area contributed by atoms with E-state index in [0.29, 0.717) is 37.4 Å². The number of carbonyl (C=O) groups is 1. The summed E-state index contributed by atoms with van der Waals surface area (Å²) in [6.45, 7) is 4.98. The average Bonchev–Trinajstić information content (AvgIpc) is 2.74. The minimum absolute atomic E-state index is 0.157. The summed E-state index contributed by atoms with van der Waals surface area (Å²) in [4.78, 5) is 12.9. The topological polar surface area (TPSA) is 84.9 Å². The van der Waals surface area contributed by atoms with Gasteiger partial charge in [-0.15, -0.1) is 0 Å². The van der Waals surface area contributed by atoms with Crippen molar-refractivity contribution in [3.63, 3.8) is 0 Å². The zero-order chi connectivity index (χ0) is 21.0. The quantitative estimate of drug-likeness (QED) is 0.779. The standard InChI is InChI=1S/C21H26N2O5S/c1-15-4-5-18(14-20(15)29(25,26)23-10-12-28-13-11-23)21(24)22-16(2)17-6-8-19(27-3)9-7-17/h4-9,14,16H,10-13H2,1-3H3,(H,22,24). The fourth-order valence-electron chi connectivity index (χ4n) is 3.20. The van der Waals surface area contributed by atoms with Gasteiger partial charge in [-0.3, -0.25) is 4.79 Å². The van der Waals surface area contributed by atoms with Crippen LogP contribution in [0.5, 0.6) is 5.75 Å². The van der Waals surface area contributed by atoms with Gasteiger partial charge in [0, 0.05) is 18.7 Å². The third-order valence-corrected chi connectivity index (χ3v) is 7.04. The van der Waals surface area contributed by atoms with Crippen molar-refractivity contribution in [1.29, 1.82) is 0 Å². The van der Waals surface area contributed by atoms with E-state index in [0.717, 1.165) is 11.3 Å². The van der Waals surface area contributed by atoms with Crippen LogP contribution in [-0.2, 0) is 14.8 Å². The molecule has 0 radical (unpaired) electrons. The second-order valence-electron chi connectivity index (χ2n) is 6.97. The molecule has 1 atom stereocenters. The maximum absolute atomic E-state index is 13.0. The maximum atomic E-state index is 13.0. The second-order valence-corrected chi connectivity index (χ2v) is 8.87. The van der Waals surface area contributed by atoms with Crippen LogP contribution in [0.1, 0.15) is 34.5 Å². The number of hydrogen-bond acceptors (Lipinski definition) is 5. The Balaban J connectivity index is 1.79.